The number of nitrogens with zero attached hydrogens (tertiary/aromatic N) is 1. The van der Waals surface area contributed by atoms with Gasteiger partial charge in [-0.2, -0.15) is 0 Å². The van der Waals surface area contributed by atoms with E-state index in [2.05, 4.69) is 22.5 Å². The van der Waals surface area contributed by atoms with Gasteiger partial charge in [-0.3, -0.25) is 9.59 Å². The summed E-state index contributed by atoms with van der Waals surface area (Å²) in [5, 5.41) is 5.73. The lowest BCUT2D eigenvalue weighted by Crippen LogP contribution is -2.46. The first-order valence-corrected chi connectivity index (χ1v) is 8.69. The fraction of sp³-hybridized carbons (Fsp3) is 0.556. The van der Waals surface area contributed by atoms with Crippen LogP contribution in [0.15, 0.2) is 18.2 Å². The van der Waals surface area contributed by atoms with Gasteiger partial charge in [-0.25, -0.2) is 4.39 Å². The van der Waals surface area contributed by atoms with Gasteiger partial charge in [-0.05, 0) is 43.5 Å². The highest BCUT2D eigenvalue weighted by Crippen LogP contribution is 2.33. The van der Waals surface area contributed by atoms with Crippen molar-refractivity contribution < 1.29 is 14.0 Å². The molecule has 2 aliphatic heterocycles. The standard InChI is InChI=1S/C18H24FN3O2/c1-2-7-22-8-5-13(6-9-22)20-18(24)15-11-17(23)21-16-10-12(19)3-4-14(15)16/h3-4,10,13,15H,2,5-9,11H2,1H3,(H,20,24)(H,21,23). The summed E-state index contributed by atoms with van der Waals surface area (Å²) in [5.41, 5.74) is 1.10. The summed E-state index contributed by atoms with van der Waals surface area (Å²) in [7, 11) is 0. The lowest BCUT2D eigenvalue weighted by molar-refractivity contribution is -0.127. The van der Waals surface area contributed by atoms with Crippen molar-refractivity contribution in [3.63, 3.8) is 0 Å². The third-order valence-electron chi connectivity index (χ3n) is 4.84. The highest BCUT2D eigenvalue weighted by atomic mass is 19.1. The molecule has 0 bridgehead atoms. The molecule has 1 atom stereocenters. The Balaban J connectivity index is 1.65. The number of rotatable bonds is 4. The Labute approximate surface area is 141 Å². The molecule has 0 aromatic heterocycles. The van der Waals surface area contributed by atoms with Crippen LogP contribution in [-0.2, 0) is 9.59 Å². The number of hydrogen-bond donors (Lipinski definition) is 2. The number of nitrogens with one attached hydrogen (secondary N) is 2. The van der Waals surface area contributed by atoms with Crippen LogP contribution in [-0.4, -0.2) is 42.4 Å². The van der Waals surface area contributed by atoms with Crippen molar-refractivity contribution in [1.29, 1.82) is 0 Å². The van der Waals surface area contributed by atoms with E-state index in [1.54, 1.807) is 6.07 Å². The van der Waals surface area contributed by atoms with Crippen LogP contribution in [0.1, 0.15) is 44.1 Å². The summed E-state index contributed by atoms with van der Waals surface area (Å²) < 4.78 is 13.4. The van der Waals surface area contributed by atoms with Crippen molar-refractivity contribution >= 4 is 17.5 Å². The molecule has 5 nitrogen and oxygen atoms in total. The van der Waals surface area contributed by atoms with Crippen molar-refractivity contribution in [2.24, 2.45) is 0 Å². The summed E-state index contributed by atoms with van der Waals surface area (Å²) in [6.07, 6.45) is 3.11. The van der Waals surface area contributed by atoms with E-state index in [0.29, 0.717) is 11.3 Å². The molecule has 2 heterocycles. The van der Waals surface area contributed by atoms with Crippen LogP contribution in [0.25, 0.3) is 0 Å². The van der Waals surface area contributed by atoms with E-state index in [0.717, 1.165) is 38.9 Å². The van der Waals surface area contributed by atoms with Gasteiger partial charge < -0.3 is 15.5 Å². The number of piperidine rings is 1. The van der Waals surface area contributed by atoms with Gasteiger partial charge in [0.2, 0.25) is 11.8 Å². The van der Waals surface area contributed by atoms with Gasteiger partial charge in [-0.15, -0.1) is 0 Å². The summed E-state index contributed by atoms with van der Waals surface area (Å²) in [6, 6.07) is 4.35. The minimum absolute atomic E-state index is 0.110. The van der Waals surface area contributed by atoms with Crippen LogP contribution in [0.5, 0.6) is 0 Å². The number of carbonyl (C=O) groups is 2. The Kier molecular flexibility index (Phi) is 5.14. The van der Waals surface area contributed by atoms with Gasteiger partial charge in [0.1, 0.15) is 5.82 Å². The van der Waals surface area contributed by atoms with E-state index >= 15 is 0 Å². The third-order valence-corrected chi connectivity index (χ3v) is 4.84. The van der Waals surface area contributed by atoms with Gasteiger partial charge in [0, 0.05) is 31.2 Å². The van der Waals surface area contributed by atoms with E-state index in [-0.39, 0.29) is 24.3 Å². The zero-order valence-electron chi connectivity index (χ0n) is 14.0. The second-order valence-electron chi connectivity index (χ2n) is 6.66. The molecule has 0 saturated carbocycles. The van der Waals surface area contributed by atoms with Crippen LogP contribution in [0.2, 0.25) is 0 Å². The molecule has 3 rings (SSSR count). The van der Waals surface area contributed by atoms with Crippen molar-refractivity contribution in [3.05, 3.63) is 29.6 Å². The topological polar surface area (TPSA) is 61.4 Å². The molecule has 130 valence electrons. The number of amides is 2. The summed E-state index contributed by atoms with van der Waals surface area (Å²) in [5.74, 6) is -1.33. The predicted octanol–water partition coefficient (Wildman–Crippen LogP) is 2.24. The SMILES string of the molecule is CCCN1CCC(NC(=O)C2CC(=O)Nc3cc(F)ccc32)CC1. The van der Waals surface area contributed by atoms with Crippen LogP contribution in [0.3, 0.4) is 0 Å². The summed E-state index contributed by atoms with van der Waals surface area (Å²) in [6.45, 7) is 5.25. The average Bonchev–Trinajstić information content (AvgIpc) is 2.55. The van der Waals surface area contributed by atoms with Crippen molar-refractivity contribution in [2.75, 3.05) is 25.0 Å². The lowest BCUT2D eigenvalue weighted by Gasteiger charge is -2.33. The Morgan fingerprint density at radius 1 is 1.38 bits per heavy atom. The highest BCUT2D eigenvalue weighted by molar-refractivity contribution is 6.01. The molecule has 2 N–H and O–H groups in total. The molecule has 0 radical (unpaired) electrons. The summed E-state index contributed by atoms with van der Waals surface area (Å²) in [4.78, 5) is 26.9. The molecular weight excluding hydrogens is 309 g/mol. The number of likely N-dealkylation sites (tertiary alicyclic amines) is 1. The van der Waals surface area contributed by atoms with E-state index in [1.807, 2.05) is 0 Å². The van der Waals surface area contributed by atoms with Gasteiger partial charge >= 0.3 is 0 Å². The number of benzene rings is 1. The quantitative estimate of drug-likeness (QED) is 0.888. The molecule has 2 amide bonds. The highest BCUT2D eigenvalue weighted by Gasteiger charge is 2.32. The molecule has 24 heavy (non-hydrogen) atoms. The van der Waals surface area contributed by atoms with E-state index in [4.69, 9.17) is 0 Å². The number of anilines is 1. The zero-order valence-corrected chi connectivity index (χ0v) is 14.0. The molecule has 1 fully saturated rings. The number of halogens is 1. The Morgan fingerprint density at radius 2 is 2.12 bits per heavy atom. The first kappa shape index (κ1) is 16.9. The molecular formula is C18H24FN3O2. The molecule has 1 unspecified atom stereocenters. The van der Waals surface area contributed by atoms with Crippen molar-refractivity contribution in [3.8, 4) is 0 Å². The van der Waals surface area contributed by atoms with Gasteiger partial charge in [0.05, 0.1) is 5.92 Å². The first-order chi connectivity index (χ1) is 11.6. The maximum atomic E-state index is 13.4. The zero-order chi connectivity index (χ0) is 17.1. The van der Waals surface area contributed by atoms with Gasteiger partial charge in [-0.1, -0.05) is 13.0 Å². The van der Waals surface area contributed by atoms with E-state index in [9.17, 15) is 14.0 Å². The smallest absolute Gasteiger partial charge is 0.228 e. The fourth-order valence-electron chi connectivity index (χ4n) is 3.59. The van der Waals surface area contributed by atoms with Crippen LogP contribution < -0.4 is 10.6 Å². The average molecular weight is 333 g/mol. The molecule has 1 aromatic carbocycles. The fourth-order valence-corrected chi connectivity index (χ4v) is 3.59. The number of hydrogen-bond acceptors (Lipinski definition) is 3. The number of fused-ring (bicyclic) bond motifs is 1. The van der Waals surface area contributed by atoms with E-state index in [1.165, 1.54) is 12.1 Å². The monoisotopic (exact) mass is 333 g/mol. The van der Waals surface area contributed by atoms with Crippen LogP contribution in [0.4, 0.5) is 10.1 Å². The Hall–Kier alpha value is -1.95. The molecule has 1 saturated heterocycles. The number of carbonyl (C=O) groups excluding carboxylic acids is 2. The van der Waals surface area contributed by atoms with Crippen molar-refractivity contribution in [2.45, 2.75) is 44.6 Å². The largest absolute Gasteiger partial charge is 0.353 e. The van der Waals surface area contributed by atoms with E-state index < -0.39 is 11.7 Å². The maximum absolute atomic E-state index is 13.4. The van der Waals surface area contributed by atoms with Crippen molar-refractivity contribution in [1.82, 2.24) is 10.2 Å². The molecule has 6 heteroatoms. The summed E-state index contributed by atoms with van der Waals surface area (Å²) >= 11 is 0. The maximum Gasteiger partial charge on any atom is 0.228 e. The minimum Gasteiger partial charge on any atom is -0.353 e. The second kappa shape index (κ2) is 7.30. The molecule has 0 spiro atoms. The normalized spacial score (nSPS) is 21.9. The lowest BCUT2D eigenvalue weighted by atomic mass is 9.89. The molecule has 2 aliphatic rings. The van der Waals surface area contributed by atoms with Gasteiger partial charge in [0.25, 0.3) is 0 Å². The minimum atomic E-state index is -0.539. The van der Waals surface area contributed by atoms with Crippen LogP contribution >= 0.6 is 0 Å². The predicted molar refractivity (Wildman–Crippen MR) is 90.3 cm³/mol. The van der Waals surface area contributed by atoms with Gasteiger partial charge in [0.15, 0.2) is 0 Å². The molecule has 0 aliphatic carbocycles. The Bertz CT molecular complexity index is 627. The first-order valence-electron chi connectivity index (χ1n) is 8.69. The third kappa shape index (κ3) is 3.75. The second-order valence-corrected chi connectivity index (χ2v) is 6.66. The van der Waals surface area contributed by atoms with Crippen LogP contribution in [0, 0.1) is 5.82 Å². The molecule has 1 aromatic rings. The Morgan fingerprint density at radius 3 is 2.83 bits per heavy atom.